The molecular weight excluding hydrogens is 220 g/mol. The quantitative estimate of drug-likeness (QED) is 0.585. The Bertz CT molecular complexity index is 414. The van der Waals surface area contributed by atoms with E-state index in [-0.39, 0.29) is 12.3 Å². The zero-order valence-corrected chi connectivity index (χ0v) is 9.88. The Labute approximate surface area is 99.8 Å². The number of nitrogens with zero attached hydrogens (tertiary/aromatic N) is 1. The van der Waals surface area contributed by atoms with Crippen molar-refractivity contribution in [3.63, 3.8) is 0 Å². The van der Waals surface area contributed by atoms with Crippen LogP contribution in [0.3, 0.4) is 0 Å². The van der Waals surface area contributed by atoms with Crippen LogP contribution in [0.1, 0.15) is 17.3 Å². The summed E-state index contributed by atoms with van der Waals surface area (Å²) >= 11 is 0. The molecule has 1 aromatic rings. The fourth-order valence-electron chi connectivity index (χ4n) is 1.44. The van der Waals surface area contributed by atoms with Crippen LogP contribution in [0.4, 0.5) is 5.69 Å². The minimum atomic E-state index is -0.954. The molecule has 0 aliphatic carbocycles. The van der Waals surface area contributed by atoms with Crippen molar-refractivity contribution in [2.45, 2.75) is 13.0 Å². The van der Waals surface area contributed by atoms with Gasteiger partial charge in [-0.15, -0.1) is 0 Å². The first-order valence-corrected chi connectivity index (χ1v) is 5.23. The lowest BCUT2D eigenvalue weighted by atomic mass is 10.0. The highest BCUT2D eigenvalue weighted by Crippen LogP contribution is 2.10. The molecule has 0 aliphatic heterocycles. The largest absolute Gasteiger partial charge is 0.480 e. The SMILES string of the molecule is CC(C(=O)c1ccc(N)cc1)N(C)CC(=O)O. The summed E-state index contributed by atoms with van der Waals surface area (Å²) in [6, 6.07) is 6.11. The fourth-order valence-corrected chi connectivity index (χ4v) is 1.44. The second-order valence-corrected chi connectivity index (χ2v) is 3.97. The highest BCUT2D eigenvalue weighted by Gasteiger charge is 2.20. The van der Waals surface area contributed by atoms with E-state index in [1.165, 1.54) is 4.90 Å². The van der Waals surface area contributed by atoms with Crippen LogP contribution in [0.15, 0.2) is 24.3 Å². The maximum Gasteiger partial charge on any atom is 0.317 e. The van der Waals surface area contributed by atoms with Gasteiger partial charge in [-0.25, -0.2) is 0 Å². The van der Waals surface area contributed by atoms with Gasteiger partial charge in [-0.3, -0.25) is 14.5 Å². The molecule has 17 heavy (non-hydrogen) atoms. The molecule has 3 N–H and O–H groups in total. The average Bonchev–Trinajstić information content (AvgIpc) is 2.27. The van der Waals surface area contributed by atoms with Crippen molar-refractivity contribution in [3.05, 3.63) is 29.8 Å². The number of Topliss-reactive ketones (excluding diaryl/α,β-unsaturated/α-hetero) is 1. The summed E-state index contributed by atoms with van der Waals surface area (Å²) in [5.74, 6) is -1.07. The number of carbonyl (C=O) groups is 2. The van der Waals surface area contributed by atoms with Gasteiger partial charge >= 0.3 is 5.97 Å². The number of carboxylic acids is 1. The number of ketones is 1. The lowest BCUT2D eigenvalue weighted by Crippen LogP contribution is -2.39. The van der Waals surface area contributed by atoms with E-state index in [0.29, 0.717) is 11.3 Å². The van der Waals surface area contributed by atoms with Gasteiger partial charge in [-0.2, -0.15) is 0 Å². The van der Waals surface area contributed by atoms with Crippen LogP contribution in [0.5, 0.6) is 0 Å². The molecule has 1 unspecified atom stereocenters. The first-order valence-electron chi connectivity index (χ1n) is 5.23. The van der Waals surface area contributed by atoms with Crippen LogP contribution in [0, 0.1) is 0 Å². The normalized spacial score (nSPS) is 12.4. The summed E-state index contributed by atoms with van der Waals surface area (Å²) in [6.07, 6.45) is 0. The van der Waals surface area contributed by atoms with Crippen molar-refractivity contribution < 1.29 is 14.7 Å². The Morgan fingerprint density at radius 3 is 2.35 bits per heavy atom. The molecule has 0 saturated carbocycles. The summed E-state index contributed by atoms with van der Waals surface area (Å²) in [4.78, 5) is 24.0. The Morgan fingerprint density at radius 2 is 1.88 bits per heavy atom. The van der Waals surface area contributed by atoms with Crippen LogP contribution in [-0.4, -0.2) is 41.4 Å². The van der Waals surface area contributed by atoms with Crippen LogP contribution < -0.4 is 5.73 Å². The second-order valence-electron chi connectivity index (χ2n) is 3.97. The molecule has 0 bridgehead atoms. The van der Waals surface area contributed by atoms with Crippen molar-refractivity contribution in [1.82, 2.24) is 4.90 Å². The highest BCUT2D eigenvalue weighted by atomic mass is 16.4. The van der Waals surface area contributed by atoms with Gasteiger partial charge in [0.1, 0.15) is 0 Å². The second kappa shape index (κ2) is 5.45. The van der Waals surface area contributed by atoms with Crippen molar-refractivity contribution in [2.75, 3.05) is 19.3 Å². The number of hydrogen-bond acceptors (Lipinski definition) is 4. The molecule has 0 radical (unpaired) electrons. The van der Waals surface area contributed by atoms with Gasteiger partial charge in [0.05, 0.1) is 12.6 Å². The van der Waals surface area contributed by atoms with Gasteiger partial charge in [-0.05, 0) is 38.2 Å². The summed E-state index contributed by atoms with van der Waals surface area (Å²) in [5, 5.41) is 8.65. The zero-order valence-electron chi connectivity index (χ0n) is 9.88. The van der Waals surface area contributed by atoms with Crippen molar-refractivity contribution in [2.24, 2.45) is 0 Å². The molecule has 1 aromatic carbocycles. The minimum Gasteiger partial charge on any atom is -0.480 e. The predicted octanol–water partition coefficient (Wildman–Crippen LogP) is 0.856. The lowest BCUT2D eigenvalue weighted by molar-refractivity contribution is -0.138. The Kier molecular flexibility index (Phi) is 4.23. The van der Waals surface area contributed by atoms with E-state index in [1.54, 1.807) is 38.2 Å². The molecule has 5 heteroatoms. The molecule has 0 saturated heterocycles. The van der Waals surface area contributed by atoms with E-state index in [4.69, 9.17) is 10.8 Å². The van der Waals surface area contributed by atoms with Gasteiger partial charge < -0.3 is 10.8 Å². The first-order chi connectivity index (χ1) is 7.91. The number of nitrogen functional groups attached to an aromatic ring is 1. The van der Waals surface area contributed by atoms with Gasteiger partial charge in [0.2, 0.25) is 0 Å². The van der Waals surface area contributed by atoms with Crippen LogP contribution in [0.25, 0.3) is 0 Å². The molecule has 0 spiro atoms. The Balaban J connectivity index is 2.75. The number of hydrogen-bond donors (Lipinski definition) is 2. The topological polar surface area (TPSA) is 83.6 Å². The van der Waals surface area contributed by atoms with Gasteiger partial charge in [0.25, 0.3) is 0 Å². The van der Waals surface area contributed by atoms with Crippen molar-refractivity contribution >= 4 is 17.4 Å². The Morgan fingerprint density at radius 1 is 1.35 bits per heavy atom. The van der Waals surface area contributed by atoms with Crippen LogP contribution in [-0.2, 0) is 4.79 Å². The summed E-state index contributed by atoms with van der Waals surface area (Å²) in [7, 11) is 1.61. The van der Waals surface area contributed by atoms with E-state index >= 15 is 0 Å². The van der Waals surface area contributed by atoms with Crippen LogP contribution >= 0.6 is 0 Å². The maximum absolute atomic E-state index is 12.0. The number of nitrogens with two attached hydrogens (primary N) is 1. The summed E-state index contributed by atoms with van der Waals surface area (Å²) < 4.78 is 0. The third-order valence-corrected chi connectivity index (χ3v) is 2.62. The van der Waals surface area contributed by atoms with E-state index in [0.717, 1.165) is 0 Å². The third-order valence-electron chi connectivity index (χ3n) is 2.62. The van der Waals surface area contributed by atoms with Crippen molar-refractivity contribution in [1.29, 1.82) is 0 Å². The number of aliphatic carboxylic acids is 1. The predicted molar refractivity (Wildman–Crippen MR) is 64.9 cm³/mol. The van der Waals surface area contributed by atoms with E-state index in [2.05, 4.69) is 0 Å². The number of benzene rings is 1. The summed E-state index contributed by atoms with van der Waals surface area (Å²) in [6.45, 7) is 1.52. The molecule has 0 aromatic heterocycles. The number of likely N-dealkylation sites (N-methyl/N-ethyl adjacent to an activating group) is 1. The van der Waals surface area contributed by atoms with Gasteiger partial charge in [0.15, 0.2) is 5.78 Å². The van der Waals surface area contributed by atoms with Gasteiger partial charge in [-0.1, -0.05) is 0 Å². The number of anilines is 1. The number of carboxylic acid groups (broad SMARTS) is 1. The molecule has 5 nitrogen and oxygen atoms in total. The molecule has 0 fully saturated rings. The molecule has 1 atom stereocenters. The van der Waals surface area contributed by atoms with Gasteiger partial charge in [0, 0.05) is 11.3 Å². The third kappa shape index (κ3) is 3.57. The van der Waals surface area contributed by atoms with Crippen LogP contribution in [0.2, 0.25) is 0 Å². The standard InChI is InChI=1S/C12H16N2O3/c1-8(14(2)7-11(15)16)12(17)9-3-5-10(13)6-4-9/h3-6,8H,7,13H2,1-2H3,(H,15,16). The monoisotopic (exact) mass is 236 g/mol. The Hall–Kier alpha value is -1.88. The molecular formula is C12H16N2O3. The number of rotatable bonds is 5. The smallest absolute Gasteiger partial charge is 0.317 e. The molecule has 0 heterocycles. The first kappa shape index (κ1) is 13.2. The van der Waals surface area contributed by atoms with E-state index < -0.39 is 12.0 Å². The van der Waals surface area contributed by atoms with E-state index in [9.17, 15) is 9.59 Å². The average molecular weight is 236 g/mol. The maximum atomic E-state index is 12.0. The fraction of sp³-hybridized carbons (Fsp3) is 0.333. The molecule has 92 valence electrons. The minimum absolute atomic E-state index is 0.117. The number of carbonyl (C=O) groups excluding carboxylic acids is 1. The van der Waals surface area contributed by atoms with Crippen molar-refractivity contribution in [3.8, 4) is 0 Å². The highest BCUT2D eigenvalue weighted by molar-refractivity contribution is 6.00. The zero-order chi connectivity index (χ0) is 13.0. The lowest BCUT2D eigenvalue weighted by Gasteiger charge is -2.21. The van der Waals surface area contributed by atoms with E-state index in [1.807, 2.05) is 0 Å². The molecule has 0 amide bonds. The molecule has 0 aliphatic rings. The summed E-state index contributed by atoms with van der Waals surface area (Å²) in [5.41, 5.74) is 6.65. The molecule has 1 rings (SSSR count).